The van der Waals surface area contributed by atoms with E-state index in [1.165, 1.54) is 0 Å². The Bertz CT molecular complexity index is 654. The summed E-state index contributed by atoms with van der Waals surface area (Å²) in [5.74, 6) is 1.89. The van der Waals surface area contributed by atoms with Crippen LogP contribution in [0.1, 0.15) is 16.8 Å². The molecule has 0 aliphatic rings. The molecule has 2 rings (SSSR count). The number of para-hydroxylation sites is 2. The van der Waals surface area contributed by atoms with Gasteiger partial charge in [-0.05, 0) is 63.5 Å². The van der Waals surface area contributed by atoms with Crippen LogP contribution in [-0.4, -0.2) is 45.1 Å². The molecule has 0 radical (unpaired) electrons. The maximum absolute atomic E-state index is 12.1. The number of hydrogen-bond acceptors (Lipinski definition) is 4. The van der Waals surface area contributed by atoms with Gasteiger partial charge in [0.25, 0.3) is 5.91 Å². The van der Waals surface area contributed by atoms with E-state index in [0.29, 0.717) is 29.4 Å². The van der Waals surface area contributed by atoms with Gasteiger partial charge in [0.05, 0.1) is 7.11 Å². The Kier molecular flexibility index (Phi) is 6.63. The molecule has 1 amide bonds. The number of carbonyl (C=O) groups is 1. The molecular weight excluding hydrogens is 304 g/mol. The summed E-state index contributed by atoms with van der Waals surface area (Å²) in [6.07, 6.45) is 0.924. The molecule has 0 aliphatic heterocycles. The summed E-state index contributed by atoms with van der Waals surface area (Å²) < 4.78 is 11.1. The van der Waals surface area contributed by atoms with Gasteiger partial charge in [-0.2, -0.15) is 0 Å². The lowest BCUT2D eigenvalue weighted by molar-refractivity contribution is 0.0952. The van der Waals surface area contributed by atoms with Crippen LogP contribution in [0.25, 0.3) is 0 Å². The van der Waals surface area contributed by atoms with Crippen LogP contribution in [0, 0.1) is 0 Å². The lowest BCUT2D eigenvalue weighted by atomic mass is 10.2. The summed E-state index contributed by atoms with van der Waals surface area (Å²) in [5, 5.41) is 2.92. The predicted molar refractivity (Wildman–Crippen MR) is 95.0 cm³/mol. The van der Waals surface area contributed by atoms with Gasteiger partial charge in [-0.1, -0.05) is 12.1 Å². The van der Waals surface area contributed by atoms with Crippen molar-refractivity contribution in [2.24, 2.45) is 0 Å². The Hall–Kier alpha value is -2.53. The fourth-order valence-corrected chi connectivity index (χ4v) is 2.20. The van der Waals surface area contributed by atoms with Crippen molar-refractivity contribution in [1.82, 2.24) is 10.2 Å². The number of nitrogens with zero attached hydrogens (tertiary/aromatic N) is 1. The lowest BCUT2D eigenvalue weighted by Gasteiger charge is -2.11. The van der Waals surface area contributed by atoms with Gasteiger partial charge < -0.3 is 19.7 Å². The first kappa shape index (κ1) is 17.8. The standard InChI is InChI=1S/C19H24N2O3/c1-21(2)14-6-13-20-19(22)15-9-11-16(12-10-15)24-18-8-5-4-7-17(18)23-3/h4-5,7-12H,6,13-14H2,1-3H3,(H,20,22). The Balaban J connectivity index is 1.91. The van der Waals surface area contributed by atoms with Gasteiger partial charge in [-0.15, -0.1) is 0 Å². The number of hydrogen-bond donors (Lipinski definition) is 1. The average Bonchev–Trinajstić information content (AvgIpc) is 2.59. The van der Waals surface area contributed by atoms with Crippen LogP contribution >= 0.6 is 0 Å². The highest BCUT2D eigenvalue weighted by molar-refractivity contribution is 5.94. The van der Waals surface area contributed by atoms with Crippen LogP contribution in [0.15, 0.2) is 48.5 Å². The summed E-state index contributed by atoms with van der Waals surface area (Å²) in [6, 6.07) is 14.5. The fraction of sp³-hybridized carbons (Fsp3) is 0.316. The molecule has 0 atom stereocenters. The molecule has 0 aliphatic carbocycles. The van der Waals surface area contributed by atoms with E-state index >= 15 is 0 Å². The number of rotatable bonds is 8. The molecular formula is C19H24N2O3. The van der Waals surface area contributed by atoms with E-state index in [0.717, 1.165) is 13.0 Å². The maximum Gasteiger partial charge on any atom is 0.251 e. The summed E-state index contributed by atoms with van der Waals surface area (Å²) in [7, 11) is 5.64. The molecule has 0 saturated heterocycles. The smallest absolute Gasteiger partial charge is 0.251 e. The summed E-state index contributed by atoms with van der Waals surface area (Å²) in [5.41, 5.74) is 0.618. The van der Waals surface area contributed by atoms with Gasteiger partial charge in [0.15, 0.2) is 11.5 Å². The van der Waals surface area contributed by atoms with E-state index in [4.69, 9.17) is 9.47 Å². The zero-order valence-electron chi connectivity index (χ0n) is 14.4. The van der Waals surface area contributed by atoms with Crippen molar-refractivity contribution < 1.29 is 14.3 Å². The first-order valence-electron chi connectivity index (χ1n) is 7.94. The quantitative estimate of drug-likeness (QED) is 0.756. The van der Waals surface area contributed by atoms with Crippen LogP contribution < -0.4 is 14.8 Å². The molecule has 0 saturated carbocycles. The third kappa shape index (κ3) is 5.28. The van der Waals surface area contributed by atoms with E-state index in [1.807, 2.05) is 38.4 Å². The van der Waals surface area contributed by atoms with Gasteiger partial charge in [-0.25, -0.2) is 0 Å². The first-order valence-corrected chi connectivity index (χ1v) is 7.94. The molecule has 0 aromatic heterocycles. The van der Waals surface area contributed by atoms with Crippen LogP contribution in [-0.2, 0) is 0 Å². The fourth-order valence-electron chi connectivity index (χ4n) is 2.20. The molecule has 0 bridgehead atoms. The molecule has 5 nitrogen and oxygen atoms in total. The largest absolute Gasteiger partial charge is 0.493 e. The number of ether oxygens (including phenoxy) is 2. The zero-order valence-corrected chi connectivity index (χ0v) is 14.4. The molecule has 2 aromatic rings. The monoisotopic (exact) mass is 328 g/mol. The molecule has 0 spiro atoms. The molecule has 0 heterocycles. The normalized spacial score (nSPS) is 10.5. The minimum Gasteiger partial charge on any atom is -0.493 e. The maximum atomic E-state index is 12.1. The van der Waals surface area contributed by atoms with E-state index in [9.17, 15) is 4.79 Å². The van der Waals surface area contributed by atoms with E-state index in [1.54, 1.807) is 31.4 Å². The van der Waals surface area contributed by atoms with Gasteiger partial charge in [0, 0.05) is 12.1 Å². The van der Waals surface area contributed by atoms with Crippen LogP contribution in [0.2, 0.25) is 0 Å². The summed E-state index contributed by atoms with van der Waals surface area (Å²) >= 11 is 0. The SMILES string of the molecule is COc1ccccc1Oc1ccc(C(=O)NCCCN(C)C)cc1. The topological polar surface area (TPSA) is 50.8 Å². The number of carbonyl (C=O) groups excluding carboxylic acids is 1. The Labute approximate surface area is 143 Å². The third-order valence-corrected chi connectivity index (χ3v) is 3.48. The molecule has 24 heavy (non-hydrogen) atoms. The average molecular weight is 328 g/mol. The second kappa shape index (κ2) is 8.93. The van der Waals surface area contributed by atoms with Crippen LogP contribution in [0.4, 0.5) is 0 Å². The Morgan fingerprint density at radius 3 is 2.33 bits per heavy atom. The number of nitrogens with one attached hydrogen (secondary N) is 1. The molecule has 128 valence electrons. The number of benzene rings is 2. The van der Waals surface area contributed by atoms with Crippen molar-refractivity contribution >= 4 is 5.91 Å². The second-order valence-electron chi connectivity index (χ2n) is 5.69. The van der Waals surface area contributed by atoms with Crippen molar-refractivity contribution in [3.8, 4) is 17.2 Å². The Morgan fingerprint density at radius 2 is 1.71 bits per heavy atom. The van der Waals surface area contributed by atoms with Gasteiger partial charge >= 0.3 is 0 Å². The van der Waals surface area contributed by atoms with E-state index < -0.39 is 0 Å². The molecule has 2 aromatic carbocycles. The van der Waals surface area contributed by atoms with Gasteiger partial charge in [-0.3, -0.25) is 4.79 Å². The molecule has 1 N–H and O–H groups in total. The van der Waals surface area contributed by atoms with Crippen molar-refractivity contribution in [3.63, 3.8) is 0 Å². The van der Waals surface area contributed by atoms with Crippen molar-refractivity contribution in [2.45, 2.75) is 6.42 Å². The van der Waals surface area contributed by atoms with Crippen molar-refractivity contribution in [1.29, 1.82) is 0 Å². The van der Waals surface area contributed by atoms with E-state index in [-0.39, 0.29) is 5.91 Å². The highest BCUT2D eigenvalue weighted by Gasteiger charge is 2.07. The molecule has 5 heteroatoms. The minimum atomic E-state index is -0.0717. The first-order chi connectivity index (χ1) is 11.6. The summed E-state index contributed by atoms with van der Waals surface area (Å²) in [4.78, 5) is 14.2. The van der Waals surface area contributed by atoms with Gasteiger partial charge in [0.2, 0.25) is 0 Å². The third-order valence-electron chi connectivity index (χ3n) is 3.48. The summed E-state index contributed by atoms with van der Waals surface area (Å²) in [6.45, 7) is 1.61. The van der Waals surface area contributed by atoms with Crippen molar-refractivity contribution in [3.05, 3.63) is 54.1 Å². The predicted octanol–water partition coefficient (Wildman–Crippen LogP) is 3.17. The van der Waals surface area contributed by atoms with E-state index in [2.05, 4.69) is 10.2 Å². The van der Waals surface area contributed by atoms with Gasteiger partial charge in [0.1, 0.15) is 5.75 Å². The number of methoxy groups -OCH3 is 1. The molecule has 0 fully saturated rings. The van der Waals surface area contributed by atoms with Crippen LogP contribution in [0.5, 0.6) is 17.2 Å². The highest BCUT2D eigenvalue weighted by atomic mass is 16.5. The Morgan fingerprint density at radius 1 is 1.04 bits per heavy atom. The zero-order chi connectivity index (χ0) is 17.4. The second-order valence-corrected chi connectivity index (χ2v) is 5.69. The lowest BCUT2D eigenvalue weighted by Crippen LogP contribution is -2.27. The highest BCUT2D eigenvalue weighted by Crippen LogP contribution is 2.30. The van der Waals surface area contributed by atoms with Crippen molar-refractivity contribution in [2.75, 3.05) is 34.3 Å². The number of amides is 1. The molecule has 0 unspecified atom stereocenters. The van der Waals surface area contributed by atoms with Crippen LogP contribution in [0.3, 0.4) is 0 Å². The minimum absolute atomic E-state index is 0.0717.